The molecule has 6 nitrogen and oxygen atoms in total. The first-order chi connectivity index (χ1) is 11.4. The standard InChI is InChI=1S/C14H20F3N5OS.HI/c1-2-18-13(20-8-12(23)22-5-3-4-6-22)19-7-11-21-10(9-24-11)14(15,16)17;/h9H,2-8H2,1H3,(H2,18,19,20);1H. The summed E-state index contributed by atoms with van der Waals surface area (Å²) in [5, 5.41) is 7.14. The molecule has 1 amide bonds. The normalized spacial score (nSPS) is 15.0. The molecule has 1 saturated heterocycles. The van der Waals surface area contributed by atoms with Crippen LogP contribution in [0, 0.1) is 0 Å². The number of carbonyl (C=O) groups is 1. The molecule has 1 aliphatic heterocycles. The summed E-state index contributed by atoms with van der Waals surface area (Å²) in [5.74, 6) is 0.340. The lowest BCUT2D eigenvalue weighted by molar-refractivity contribution is -0.140. The van der Waals surface area contributed by atoms with Crippen LogP contribution in [-0.2, 0) is 17.5 Å². The van der Waals surface area contributed by atoms with Crippen LogP contribution in [0.5, 0.6) is 0 Å². The number of halogens is 4. The first-order valence-electron chi connectivity index (χ1n) is 7.71. The summed E-state index contributed by atoms with van der Waals surface area (Å²) in [6.45, 7) is 4.10. The number of aliphatic imine (C=N–C) groups is 1. The second-order valence-electron chi connectivity index (χ2n) is 5.26. The number of thiazole rings is 1. The van der Waals surface area contributed by atoms with Crippen LogP contribution in [0.4, 0.5) is 13.2 Å². The minimum Gasteiger partial charge on any atom is -0.357 e. The highest BCUT2D eigenvalue weighted by molar-refractivity contribution is 14.0. The highest BCUT2D eigenvalue weighted by Gasteiger charge is 2.33. The zero-order valence-corrected chi connectivity index (χ0v) is 16.9. The lowest BCUT2D eigenvalue weighted by Gasteiger charge is -2.14. The van der Waals surface area contributed by atoms with Gasteiger partial charge in [0.05, 0.1) is 6.54 Å². The van der Waals surface area contributed by atoms with Gasteiger partial charge in [-0.1, -0.05) is 0 Å². The van der Waals surface area contributed by atoms with Gasteiger partial charge in [-0.3, -0.25) is 4.79 Å². The maximum Gasteiger partial charge on any atom is 0.434 e. The molecule has 0 aromatic carbocycles. The lowest BCUT2D eigenvalue weighted by atomic mass is 10.4. The Morgan fingerprint density at radius 1 is 1.36 bits per heavy atom. The molecule has 0 aliphatic carbocycles. The first-order valence-corrected chi connectivity index (χ1v) is 8.59. The Morgan fingerprint density at radius 3 is 2.60 bits per heavy atom. The van der Waals surface area contributed by atoms with Crippen LogP contribution in [0.15, 0.2) is 10.4 Å². The van der Waals surface area contributed by atoms with Gasteiger partial charge in [0.1, 0.15) is 11.6 Å². The summed E-state index contributed by atoms with van der Waals surface area (Å²) in [4.78, 5) is 21.5. The van der Waals surface area contributed by atoms with Gasteiger partial charge in [0.25, 0.3) is 0 Å². The highest BCUT2D eigenvalue weighted by atomic mass is 127. The average molecular weight is 491 g/mol. The molecule has 2 rings (SSSR count). The van der Waals surface area contributed by atoms with Crippen molar-refractivity contribution in [3.05, 3.63) is 16.1 Å². The third kappa shape index (κ3) is 6.96. The Balaban J connectivity index is 0.00000312. The number of rotatable bonds is 5. The molecular weight excluding hydrogens is 470 g/mol. The monoisotopic (exact) mass is 491 g/mol. The Hall–Kier alpha value is -1.11. The van der Waals surface area contributed by atoms with Gasteiger partial charge < -0.3 is 15.5 Å². The van der Waals surface area contributed by atoms with E-state index in [1.165, 1.54) is 0 Å². The smallest absolute Gasteiger partial charge is 0.357 e. The molecule has 1 aromatic heterocycles. The van der Waals surface area contributed by atoms with E-state index in [0.29, 0.717) is 17.5 Å². The number of carbonyl (C=O) groups excluding carboxylic acids is 1. The van der Waals surface area contributed by atoms with E-state index in [2.05, 4.69) is 20.6 Å². The van der Waals surface area contributed by atoms with Crippen LogP contribution in [0.3, 0.4) is 0 Å². The SMILES string of the molecule is CCNC(=NCC(=O)N1CCCC1)NCc1nc(C(F)(F)F)cs1.I. The summed E-state index contributed by atoms with van der Waals surface area (Å²) >= 11 is 0.930. The molecule has 1 fully saturated rings. The molecule has 25 heavy (non-hydrogen) atoms. The molecule has 11 heteroatoms. The number of hydrogen-bond acceptors (Lipinski definition) is 4. The van der Waals surface area contributed by atoms with Gasteiger partial charge in [0, 0.05) is 25.0 Å². The maximum absolute atomic E-state index is 12.5. The molecule has 0 radical (unpaired) electrons. The molecule has 2 heterocycles. The number of amides is 1. The van der Waals surface area contributed by atoms with Gasteiger partial charge in [-0.2, -0.15) is 13.2 Å². The first kappa shape index (κ1) is 21.9. The zero-order chi connectivity index (χ0) is 17.6. The molecule has 0 spiro atoms. The fraction of sp³-hybridized carbons (Fsp3) is 0.643. The number of likely N-dealkylation sites (tertiary alicyclic amines) is 1. The molecule has 0 atom stereocenters. The summed E-state index contributed by atoms with van der Waals surface area (Å²) < 4.78 is 37.6. The van der Waals surface area contributed by atoms with Crippen molar-refractivity contribution < 1.29 is 18.0 Å². The molecule has 0 unspecified atom stereocenters. The van der Waals surface area contributed by atoms with Crippen LogP contribution in [0.25, 0.3) is 0 Å². The predicted octanol–water partition coefficient (Wildman–Crippen LogP) is 2.46. The van der Waals surface area contributed by atoms with Gasteiger partial charge in [-0.25, -0.2) is 9.98 Å². The summed E-state index contributed by atoms with van der Waals surface area (Å²) in [7, 11) is 0. The molecule has 1 aliphatic rings. The van der Waals surface area contributed by atoms with Crippen molar-refractivity contribution in [3.8, 4) is 0 Å². The number of nitrogens with zero attached hydrogens (tertiary/aromatic N) is 3. The Morgan fingerprint density at radius 2 is 2.04 bits per heavy atom. The molecule has 142 valence electrons. The quantitative estimate of drug-likeness (QED) is 0.378. The van der Waals surface area contributed by atoms with Gasteiger partial charge in [0.15, 0.2) is 11.7 Å². The minimum atomic E-state index is -4.44. The van der Waals surface area contributed by atoms with Gasteiger partial charge in [-0.05, 0) is 19.8 Å². The van der Waals surface area contributed by atoms with E-state index in [1.807, 2.05) is 6.92 Å². The van der Waals surface area contributed by atoms with Crippen molar-refractivity contribution in [1.29, 1.82) is 0 Å². The highest BCUT2D eigenvalue weighted by Crippen LogP contribution is 2.29. The Labute approximate surface area is 165 Å². The third-order valence-electron chi connectivity index (χ3n) is 3.42. The van der Waals surface area contributed by atoms with E-state index in [9.17, 15) is 18.0 Å². The number of hydrogen-bond donors (Lipinski definition) is 2. The van der Waals surface area contributed by atoms with E-state index >= 15 is 0 Å². The second kappa shape index (κ2) is 10.1. The van der Waals surface area contributed by atoms with E-state index in [4.69, 9.17) is 0 Å². The molecule has 0 saturated carbocycles. The second-order valence-corrected chi connectivity index (χ2v) is 6.20. The van der Waals surface area contributed by atoms with E-state index in [-0.39, 0.29) is 43.0 Å². The predicted molar refractivity (Wildman–Crippen MR) is 101 cm³/mol. The van der Waals surface area contributed by atoms with E-state index < -0.39 is 11.9 Å². The van der Waals surface area contributed by atoms with Crippen molar-refractivity contribution in [1.82, 2.24) is 20.5 Å². The van der Waals surface area contributed by atoms with Gasteiger partial charge in [-0.15, -0.1) is 35.3 Å². The van der Waals surface area contributed by atoms with Crippen molar-refractivity contribution in [2.45, 2.75) is 32.5 Å². The van der Waals surface area contributed by atoms with Gasteiger partial charge in [0.2, 0.25) is 5.91 Å². The lowest BCUT2D eigenvalue weighted by Crippen LogP contribution is -2.38. The van der Waals surface area contributed by atoms with Crippen LogP contribution in [0.2, 0.25) is 0 Å². The minimum absolute atomic E-state index is 0. The molecule has 0 bridgehead atoms. The van der Waals surface area contributed by atoms with Crippen molar-refractivity contribution in [2.75, 3.05) is 26.2 Å². The molecule has 2 N–H and O–H groups in total. The van der Waals surface area contributed by atoms with Gasteiger partial charge >= 0.3 is 6.18 Å². The summed E-state index contributed by atoms with van der Waals surface area (Å²) in [5.41, 5.74) is -0.893. The topological polar surface area (TPSA) is 69.6 Å². The van der Waals surface area contributed by atoms with Crippen LogP contribution in [0.1, 0.15) is 30.5 Å². The number of aromatic nitrogens is 1. The van der Waals surface area contributed by atoms with Crippen LogP contribution in [-0.4, -0.2) is 47.9 Å². The van der Waals surface area contributed by atoms with Crippen molar-refractivity contribution in [3.63, 3.8) is 0 Å². The van der Waals surface area contributed by atoms with Crippen LogP contribution >= 0.6 is 35.3 Å². The summed E-state index contributed by atoms with van der Waals surface area (Å²) in [6, 6.07) is 0. The van der Waals surface area contributed by atoms with Crippen LogP contribution < -0.4 is 10.6 Å². The fourth-order valence-electron chi connectivity index (χ4n) is 2.24. The Bertz CT molecular complexity index is 587. The number of alkyl halides is 3. The number of guanidine groups is 1. The van der Waals surface area contributed by atoms with E-state index in [1.54, 1.807) is 4.90 Å². The summed E-state index contributed by atoms with van der Waals surface area (Å²) in [6.07, 6.45) is -2.41. The number of nitrogens with one attached hydrogen (secondary N) is 2. The molecule has 1 aromatic rings. The average Bonchev–Trinajstić information content (AvgIpc) is 3.20. The molecular formula is C14H21F3IN5OS. The largest absolute Gasteiger partial charge is 0.434 e. The fourth-order valence-corrected chi connectivity index (χ4v) is 2.98. The maximum atomic E-state index is 12.5. The third-order valence-corrected chi connectivity index (χ3v) is 4.27. The van der Waals surface area contributed by atoms with Crippen molar-refractivity contribution >= 4 is 47.2 Å². The Kier molecular flexibility index (Phi) is 8.89. The van der Waals surface area contributed by atoms with Crippen molar-refractivity contribution in [2.24, 2.45) is 4.99 Å². The van der Waals surface area contributed by atoms with E-state index in [0.717, 1.165) is 42.6 Å². The zero-order valence-electron chi connectivity index (χ0n) is 13.7.